The smallest absolute Gasteiger partial charge is 0.154 e. The van der Waals surface area contributed by atoms with Crippen molar-refractivity contribution in [2.75, 3.05) is 25.1 Å². The molecule has 7 heteroatoms. The van der Waals surface area contributed by atoms with Crippen molar-refractivity contribution < 1.29 is 14.2 Å². The molecule has 0 saturated carbocycles. The Balaban J connectivity index is 2.45. The Morgan fingerprint density at radius 1 is 1.55 bits per heavy atom. The minimum absolute atomic E-state index is 0.220. The van der Waals surface area contributed by atoms with E-state index in [0.29, 0.717) is 16.8 Å². The average Bonchev–Trinajstić information content (AvgIpc) is 2.44. The zero-order valence-electron chi connectivity index (χ0n) is 11.2. The van der Waals surface area contributed by atoms with E-state index in [1.165, 1.54) is 6.07 Å². The van der Waals surface area contributed by atoms with Gasteiger partial charge in [-0.2, -0.15) is 0 Å². The SMILES string of the molecule is CCCCOC[C@H](O)CNc1cc(F)c(N=O)cc1Br. The standard InChI is InChI=1S/C13H18BrFN2O3/c1-2-3-4-20-8-9(18)7-16-12-6-11(15)13(17-19)5-10(12)14/h5-6,9,16,18H,2-4,7-8H2,1H3/t9-/m1/s1. The predicted molar refractivity (Wildman–Crippen MR) is 79.8 cm³/mol. The topological polar surface area (TPSA) is 70.9 Å². The third-order valence-corrected chi connectivity index (χ3v) is 3.27. The number of halogens is 2. The van der Waals surface area contributed by atoms with Crippen LogP contribution in [0.4, 0.5) is 15.8 Å². The van der Waals surface area contributed by atoms with Crippen molar-refractivity contribution in [3.8, 4) is 0 Å². The minimum atomic E-state index is -0.709. The van der Waals surface area contributed by atoms with Crippen LogP contribution in [0.25, 0.3) is 0 Å². The van der Waals surface area contributed by atoms with Gasteiger partial charge in [-0.15, -0.1) is 4.91 Å². The Hall–Kier alpha value is -1.05. The van der Waals surface area contributed by atoms with E-state index in [-0.39, 0.29) is 18.8 Å². The van der Waals surface area contributed by atoms with Crippen LogP contribution in [0.1, 0.15) is 19.8 Å². The van der Waals surface area contributed by atoms with E-state index in [0.717, 1.165) is 18.9 Å². The summed E-state index contributed by atoms with van der Waals surface area (Å²) in [6.45, 7) is 3.12. The van der Waals surface area contributed by atoms with Crippen LogP contribution in [0, 0.1) is 10.7 Å². The van der Waals surface area contributed by atoms with Crippen LogP contribution >= 0.6 is 15.9 Å². The molecule has 1 rings (SSSR count). The number of rotatable bonds is 9. The molecule has 0 aliphatic carbocycles. The van der Waals surface area contributed by atoms with Gasteiger partial charge in [0.25, 0.3) is 0 Å². The number of hydrogen-bond acceptors (Lipinski definition) is 5. The maximum Gasteiger partial charge on any atom is 0.154 e. The van der Waals surface area contributed by atoms with Gasteiger partial charge in [-0.05, 0) is 33.6 Å². The summed E-state index contributed by atoms with van der Waals surface area (Å²) in [4.78, 5) is 10.3. The molecule has 1 aromatic rings. The molecule has 0 unspecified atom stereocenters. The normalized spacial score (nSPS) is 12.2. The fourth-order valence-electron chi connectivity index (χ4n) is 1.49. The molecule has 0 heterocycles. The van der Waals surface area contributed by atoms with Gasteiger partial charge in [0.1, 0.15) is 5.69 Å². The molecule has 0 amide bonds. The number of ether oxygens (including phenoxy) is 1. The van der Waals surface area contributed by atoms with Gasteiger partial charge in [-0.25, -0.2) is 4.39 Å². The lowest BCUT2D eigenvalue weighted by molar-refractivity contribution is 0.0421. The molecule has 0 saturated heterocycles. The summed E-state index contributed by atoms with van der Waals surface area (Å²) in [7, 11) is 0. The fourth-order valence-corrected chi connectivity index (χ4v) is 1.97. The van der Waals surface area contributed by atoms with Crippen LogP contribution in [0.3, 0.4) is 0 Å². The van der Waals surface area contributed by atoms with Crippen molar-refractivity contribution in [1.82, 2.24) is 0 Å². The number of nitroso groups, excluding NO2 is 1. The van der Waals surface area contributed by atoms with Crippen molar-refractivity contribution in [3.63, 3.8) is 0 Å². The molecular weight excluding hydrogens is 331 g/mol. The number of nitrogens with zero attached hydrogens (tertiary/aromatic N) is 1. The molecule has 0 spiro atoms. The summed E-state index contributed by atoms with van der Waals surface area (Å²) in [5.41, 5.74) is 0.188. The van der Waals surface area contributed by atoms with Gasteiger partial charge < -0.3 is 15.2 Å². The number of nitrogens with one attached hydrogen (secondary N) is 1. The van der Waals surface area contributed by atoms with Crippen LogP contribution in [0.2, 0.25) is 0 Å². The van der Waals surface area contributed by atoms with Gasteiger partial charge in [-0.3, -0.25) is 0 Å². The van der Waals surface area contributed by atoms with E-state index >= 15 is 0 Å². The van der Waals surface area contributed by atoms with Crippen molar-refractivity contribution in [2.24, 2.45) is 5.18 Å². The summed E-state index contributed by atoms with van der Waals surface area (Å²) in [5.74, 6) is -0.709. The Morgan fingerprint density at radius 2 is 2.30 bits per heavy atom. The van der Waals surface area contributed by atoms with Crippen LogP contribution in [-0.2, 0) is 4.74 Å². The molecule has 0 aliphatic heterocycles. The molecule has 1 aromatic carbocycles. The molecule has 2 N–H and O–H groups in total. The number of hydrogen-bond donors (Lipinski definition) is 2. The predicted octanol–water partition coefficient (Wildman–Crippen LogP) is 3.58. The van der Waals surface area contributed by atoms with E-state index in [1.807, 2.05) is 0 Å². The number of anilines is 1. The summed E-state index contributed by atoms with van der Waals surface area (Å²) >= 11 is 3.20. The first-order valence-corrected chi connectivity index (χ1v) is 7.19. The lowest BCUT2D eigenvalue weighted by Crippen LogP contribution is -2.25. The first kappa shape index (κ1) is 17.0. The lowest BCUT2D eigenvalue weighted by Gasteiger charge is -2.14. The van der Waals surface area contributed by atoms with Gasteiger partial charge >= 0.3 is 0 Å². The summed E-state index contributed by atoms with van der Waals surface area (Å²) in [6, 6.07) is 2.44. The van der Waals surface area contributed by atoms with Crippen molar-refractivity contribution >= 4 is 27.3 Å². The third kappa shape index (κ3) is 5.52. The van der Waals surface area contributed by atoms with Crippen LogP contribution in [0.5, 0.6) is 0 Å². The highest BCUT2D eigenvalue weighted by atomic mass is 79.9. The molecule has 0 aromatic heterocycles. The second kappa shape index (κ2) is 8.99. The zero-order valence-corrected chi connectivity index (χ0v) is 12.8. The summed E-state index contributed by atoms with van der Waals surface area (Å²) in [5, 5.41) is 15.2. The first-order chi connectivity index (χ1) is 9.58. The van der Waals surface area contributed by atoms with Crippen molar-refractivity contribution in [2.45, 2.75) is 25.9 Å². The van der Waals surface area contributed by atoms with E-state index in [4.69, 9.17) is 4.74 Å². The molecule has 0 fully saturated rings. The zero-order chi connectivity index (χ0) is 15.0. The molecule has 5 nitrogen and oxygen atoms in total. The van der Waals surface area contributed by atoms with Crippen LogP contribution < -0.4 is 5.32 Å². The van der Waals surface area contributed by atoms with Crippen molar-refractivity contribution in [1.29, 1.82) is 0 Å². The van der Waals surface area contributed by atoms with Gasteiger partial charge in [0.2, 0.25) is 0 Å². The molecule has 20 heavy (non-hydrogen) atoms. The Kier molecular flexibility index (Phi) is 7.64. The molecule has 0 aliphatic rings. The van der Waals surface area contributed by atoms with Crippen molar-refractivity contribution in [3.05, 3.63) is 27.3 Å². The number of aliphatic hydroxyl groups excluding tert-OH is 1. The first-order valence-electron chi connectivity index (χ1n) is 6.40. The van der Waals surface area contributed by atoms with Gasteiger partial charge in [-0.1, -0.05) is 13.3 Å². The second-order valence-electron chi connectivity index (χ2n) is 4.34. The highest BCUT2D eigenvalue weighted by Gasteiger charge is 2.10. The highest BCUT2D eigenvalue weighted by Crippen LogP contribution is 2.30. The van der Waals surface area contributed by atoms with Crippen LogP contribution in [-0.4, -0.2) is 31.0 Å². The van der Waals surface area contributed by atoms with E-state index < -0.39 is 11.9 Å². The van der Waals surface area contributed by atoms with Gasteiger partial charge in [0.15, 0.2) is 5.82 Å². The highest BCUT2D eigenvalue weighted by molar-refractivity contribution is 9.10. The average molecular weight is 349 g/mol. The lowest BCUT2D eigenvalue weighted by atomic mass is 10.2. The van der Waals surface area contributed by atoms with E-state index in [2.05, 4.69) is 33.3 Å². The molecule has 0 bridgehead atoms. The maximum atomic E-state index is 13.4. The quantitative estimate of drug-likeness (QED) is 0.528. The number of aliphatic hydroxyl groups is 1. The number of benzene rings is 1. The second-order valence-corrected chi connectivity index (χ2v) is 5.19. The Morgan fingerprint density at radius 3 is 2.95 bits per heavy atom. The summed E-state index contributed by atoms with van der Waals surface area (Å²) < 4.78 is 19.2. The largest absolute Gasteiger partial charge is 0.389 e. The Labute approximate surface area is 125 Å². The van der Waals surface area contributed by atoms with Gasteiger partial charge in [0.05, 0.1) is 18.4 Å². The molecule has 1 atom stereocenters. The monoisotopic (exact) mass is 348 g/mol. The fraction of sp³-hybridized carbons (Fsp3) is 0.538. The van der Waals surface area contributed by atoms with E-state index in [9.17, 15) is 14.4 Å². The van der Waals surface area contributed by atoms with Gasteiger partial charge in [0, 0.05) is 23.7 Å². The molecule has 0 radical (unpaired) electrons. The molecule has 112 valence electrons. The Bertz CT molecular complexity index is 446. The maximum absolute atomic E-state index is 13.4. The number of unbranched alkanes of at least 4 members (excludes halogenated alkanes) is 1. The minimum Gasteiger partial charge on any atom is -0.389 e. The molecular formula is C13H18BrFN2O3. The third-order valence-electron chi connectivity index (χ3n) is 2.62. The van der Waals surface area contributed by atoms with Crippen LogP contribution in [0.15, 0.2) is 21.8 Å². The van der Waals surface area contributed by atoms with E-state index in [1.54, 1.807) is 0 Å². The summed E-state index contributed by atoms with van der Waals surface area (Å²) in [6.07, 6.45) is 1.31.